The van der Waals surface area contributed by atoms with Gasteiger partial charge in [0.25, 0.3) is 0 Å². The Morgan fingerprint density at radius 2 is 2.19 bits per heavy atom. The van der Waals surface area contributed by atoms with Gasteiger partial charge in [0.2, 0.25) is 17.0 Å². The van der Waals surface area contributed by atoms with Crippen LogP contribution in [0.15, 0.2) is 35.5 Å². The summed E-state index contributed by atoms with van der Waals surface area (Å²) in [6, 6.07) is 10.2. The van der Waals surface area contributed by atoms with Crippen LogP contribution in [0, 0.1) is 0 Å². The predicted molar refractivity (Wildman–Crippen MR) is 84.0 cm³/mol. The largest absolute Gasteiger partial charge is 0.368 e. The van der Waals surface area contributed by atoms with E-state index in [-0.39, 0.29) is 17.6 Å². The molecular weight excluding hydrogens is 286 g/mol. The molecule has 112 valence electrons. The van der Waals surface area contributed by atoms with Crippen molar-refractivity contribution < 1.29 is 4.79 Å². The fourth-order valence-electron chi connectivity index (χ4n) is 1.96. The third kappa shape index (κ3) is 4.78. The SMILES string of the molecule is CC[C@@H](CNC(=O)CSc1n[nH]c(N)n1)c1ccccc1. The first-order valence-electron chi connectivity index (χ1n) is 6.81. The molecule has 1 aromatic carbocycles. The molecule has 0 aliphatic carbocycles. The van der Waals surface area contributed by atoms with E-state index < -0.39 is 0 Å². The van der Waals surface area contributed by atoms with Crippen LogP contribution in [0.25, 0.3) is 0 Å². The minimum atomic E-state index is -0.0299. The Labute approximate surface area is 127 Å². The molecule has 0 bridgehead atoms. The molecule has 7 heteroatoms. The lowest BCUT2D eigenvalue weighted by Crippen LogP contribution is -2.29. The maximum Gasteiger partial charge on any atom is 0.230 e. The van der Waals surface area contributed by atoms with Crippen LogP contribution >= 0.6 is 11.8 Å². The number of nitrogens with zero attached hydrogens (tertiary/aromatic N) is 2. The molecule has 1 aromatic heterocycles. The number of H-pyrrole nitrogens is 1. The maximum atomic E-state index is 11.8. The summed E-state index contributed by atoms with van der Waals surface area (Å²) in [5.74, 6) is 0.841. The molecule has 2 aromatic rings. The zero-order valence-corrected chi connectivity index (χ0v) is 12.7. The number of aromatic amines is 1. The van der Waals surface area contributed by atoms with Crippen molar-refractivity contribution in [2.24, 2.45) is 0 Å². The van der Waals surface area contributed by atoms with Crippen molar-refractivity contribution in [2.75, 3.05) is 18.0 Å². The van der Waals surface area contributed by atoms with E-state index in [9.17, 15) is 4.79 Å². The Morgan fingerprint density at radius 1 is 1.43 bits per heavy atom. The highest BCUT2D eigenvalue weighted by atomic mass is 32.2. The van der Waals surface area contributed by atoms with Gasteiger partial charge in [0.15, 0.2) is 0 Å². The van der Waals surface area contributed by atoms with Crippen LogP contribution in [-0.4, -0.2) is 33.4 Å². The maximum absolute atomic E-state index is 11.8. The molecular formula is C14H19N5OS. The van der Waals surface area contributed by atoms with E-state index in [1.807, 2.05) is 18.2 Å². The lowest BCUT2D eigenvalue weighted by Gasteiger charge is -2.16. The van der Waals surface area contributed by atoms with Gasteiger partial charge in [-0.2, -0.15) is 4.98 Å². The number of nitrogens with one attached hydrogen (secondary N) is 2. The number of benzene rings is 1. The summed E-state index contributed by atoms with van der Waals surface area (Å²) < 4.78 is 0. The second-order valence-corrected chi connectivity index (χ2v) is 5.55. The summed E-state index contributed by atoms with van der Waals surface area (Å²) in [7, 11) is 0. The third-order valence-electron chi connectivity index (χ3n) is 3.12. The Bertz CT molecular complexity index is 572. The number of hydrogen-bond donors (Lipinski definition) is 3. The molecule has 0 aliphatic rings. The van der Waals surface area contributed by atoms with E-state index >= 15 is 0 Å². The second-order valence-electron chi connectivity index (χ2n) is 4.61. The molecule has 4 N–H and O–H groups in total. The number of hydrogen-bond acceptors (Lipinski definition) is 5. The second kappa shape index (κ2) is 7.68. The average Bonchev–Trinajstić information content (AvgIpc) is 2.92. The van der Waals surface area contributed by atoms with Crippen LogP contribution in [0.1, 0.15) is 24.8 Å². The zero-order chi connectivity index (χ0) is 15.1. The van der Waals surface area contributed by atoms with Crippen molar-refractivity contribution in [3.63, 3.8) is 0 Å². The number of carbonyl (C=O) groups excluding carboxylic acids is 1. The van der Waals surface area contributed by atoms with Crippen molar-refractivity contribution in [1.29, 1.82) is 0 Å². The van der Waals surface area contributed by atoms with Crippen molar-refractivity contribution in [3.8, 4) is 0 Å². The fraction of sp³-hybridized carbons (Fsp3) is 0.357. The molecule has 0 unspecified atom stereocenters. The summed E-state index contributed by atoms with van der Waals surface area (Å²) in [4.78, 5) is 15.8. The Hall–Kier alpha value is -2.02. The normalized spacial score (nSPS) is 12.0. The Balaban J connectivity index is 1.77. The van der Waals surface area contributed by atoms with E-state index in [1.165, 1.54) is 17.3 Å². The van der Waals surface area contributed by atoms with E-state index in [4.69, 9.17) is 5.73 Å². The van der Waals surface area contributed by atoms with Gasteiger partial charge in [-0.05, 0) is 12.0 Å². The molecule has 0 spiro atoms. The van der Waals surface area contributed by atoms with E-state index in [2.05, 4.69) is 39.6 Å². The quantitative estimate of drug-likeness (QED) is 0.678. The molecule has 0 saturated heterocycles. The predicted octanol–water partition coefficient (Wildman–Crippen LogP) is 1.79. The fourth-order valence-corrected chi connectivity index (χ4v) is 2.60. The van der Waals surface area contributed by atoms with Crippen LogP contribution in [0.5, 0.6) is 0 Å². The highest BCUT2D eigenvalue weighted by Gasteiger charge is 2.11. The van der Waals surface area contributed by atoms with E-state index in [0.29, 0.717) is 17.6 Å². The molecule has 21 heavy (non-hydrogen) atoms. The number of rotatable bonds is 7. The highest BCUT2D eigenvalue weighted by molar-refractivity contribution is 7.99. The van der Waals surface area contributed by atoms with Crippen molar-refractivity contribution in [2.45, 2.75) is 24.4 Å². The van der Waals surface area contributed by atoms with E-state index in [0.717, 1.165) is 6.42 Å². The van der Waals surface area contributed by atoms with E-state index in [1.54, 1.807) is 0 Å². The van der Waals surface area contributed by atoms with Crippen LogP contribution in [-0.2, 0) is 4.79 Å². The molecule has 6 nitrogen and oxygen atoms in total. The van der Waals surface area contributed by atoms with Gasteiger partial charge in [-0.25, -0.2) is 5.10 Å². The van der Waals surface area contributed by atoms with Gasteiger partial charge in [-0.3, -0.25) is 4.79 Å². The van der Waals surface area contributed by atoms with Crippen LogP contribution in [0.4, 0.5) is 5.95 Å². The molecule has 1 amide bonds. The van der Waals surface area contributed by atoms with Crippen LogP contribution in [0.2, 0.25) is 0 Å². The van der Waals surface area contributed by atoms with Crippen LogP contribution in [0.3, 0.4) is 0 Å². The number of nitrogen functional groups attached to an aromatic ring is 1. The summed E-state index contributed by atoms with van der Waals surface area (Å²) in [6.07, 6.45) is 0.981. The molecule has 0 radical (unpaired) electrons. The first kappa shape index (κ1) is 15.4. The molecule has 0 aliphatic heterocycles. The molecule has 1 atom stereocenters. The average molecular weight is 305 g/mol. The molecule has 0 saturated carbocycles. The van der Waals surface area contributed by atoms with Gasteiger partial charge in [0.05, 0.1) is 5.75 Å². The van der Waals surface area contributed by atoms with Gasteiger partial charge in [-0.1, -0.05) is 49.0 Å². The standard InChI is InChI=1S/C14H19N5OS/c1-2-10(11-6-4-3-5-7-11)8-16-12(20)9-21-14-17-13(15)18-19-14/h3-7,10H,2,8-9H2,1H3,(H,16,20)(H3,15,17,18,19)/t10-/m0/s1. The topological polar surface area (TPSA) is 96.7 Å². The van der Waals surface area contributed by atoms with Gasteiger partial charge in [0.1, 0.15) is 0 Å². The Morgan fingerprint density at radius 3 is 2.81 bits per heavy atom. The third-order valence-corrected chi connectivity index (χ3v) is 3.97. The number of carbonyl (C=O) groups is 1. The molecule has 2 rings (SSSR count). The van der Waals surface area contributed by atoms with Gasteiger partial charge in [0, 0.05) is 12.5 Å². The first-order chi connectivity index (χ1) is 10.2. The minimum Gasteiger partial charge on any atom is -0.368 e. The van der Waals surface area contributed by atoms with Crippen molar-refractivity contribution in [3.05, 3.63) is 35.9 Å². The number of thioether (sulfide) groups is 1. The van der Waals surface area contributed by atoms with Gasteiger partial charge < -0.3 is 11.1 Å². The molecule has 1 heterocycles. The first-order valence-corrected chi connectivity index (χ1v) is 7.80. The smallest absolute Gasteiger partial charge is 0.230 e. The lowest BCUT2D eigenvalue weighted by molar-refractivity contribution is -0.118. The number of nitrogens with two attached hydrogens (primary N) is 1. The number of amides is 1. The van der Waals surface area contributed by atoms with Gasteiger partial charge >= 0.3 is 0 Å². The van der Waals surface area contributed by atoms with Gasteiger partial charge in [-0.15, -0.1) is 5.10 Å². The minimum absolute atomic E-state index is 0.0299. The summed E-state index contributed by atoms with van der Waals surface area (Å²) in [5.41, 5.74) is 6.67. The van der Waals surface area contributed by atoms with Crippen molar-refractivity contribution in [1.82, 2.24) is 20.5 Å². The summed E-state index contributed by atoms with van der Waals surface area (Å²) in [5, 5.41) is 9.84. The van der Waals surface area contributed by atoms with Crippen molar-refractivity contribution >= 4 is 23.6 Å². The Kier molecular flexibility index (Phi) is 5.62. The summed E-state index contributed by atoms with van der Waals surface area (Å²) in [6.45, 7) is 2.75. The lowest BCUT2D eigenvalue weighted by atomic mass is 9.96. The monoisotopic (exact) mass is 305 g/mol. The molecule has 0 fully saturated rings. The number of aromatic nitrogens is 3. The van der Waals surface area contributed by atoms with Crippen LogP contribution < -0.4 is 11.1 Å². The zero-order valence-electron chi connectivity index (χ0n) is 11.9. The summed E-state index contributed by atoms with van der Waals surface area (Å²) >= 11 is 1.26. The highest BCUT2D eigenvalue weighted by Crippen LogP contribution is 2.18. The number of anilines is 1.